The number of carbonyl (C=O) groups is 4. The normalized spacial score (nSPS) is 12.2. The highest BCUT2D eigenvalue weighted by Gasteiger charge is 2.22. The Bertz CT molecular complexity index is 810. The van der Waals surface area contributed by atoms with Crippen molar-refractivity contribution < 1.29 is 47.6 Å². The third-order valence-corrected chi connectivity index (χ3v) is 4.51. The molecule has 0 spiro atoms. The summed E-state index contributed by atoms with van der Waals surface area (Å²) in [6.07, 6.45) is -0.270. The molecule has 11 nitrogen and oxygen atoms in total. The Kier molecular flexibility index (Phi) is 12.3. The van der Waals surface area contributed by atoms with Crippen LogP contribution in [0.15, 0.2) is 18.2 Å². The Balaban J connectivity index is 2.87. The minimum Gasteiger partial charge on any atom is -0.468 e. The van der Waals surface area contributed by atoms with Gasteiger partial charge < -0.3 is 33.7 Å². The Morgan fingerprint density at radius 1 is 0.909 bits per heavy atom. The number of ether oxygens (including phenoxy) is 6. The largest absolute Gasteiger partial charge is 0.513 e. The standard InChI is InChI=1S/C22H31NO10/c1-6-7-14(2)19(24)31-11-10-23-16(20(25)28-3)12-15-8-9-17(32-21(26)29-4)18(13-15)33-22(27)30-5/h8-9,13-14,16,23H,6-7,10-12H2,1-5H3/t14?,16-/m0/s1. The van der Waals surface area contributed by atoms with Crippen molar-refractivity contribution in [1.82, 2.24) is 5.32 Å². The molecule has 0 aliphatic heterocycles. The van der Waals surface area contributed by atoms with Crippen LogP contribution in [0.1, 0.15) is 32.3 Å². The zero-order valence-electron chi connectivity index (χ0n) is 19.5. The third kappa shape index (κ3) is 9.77. The second-order valence-corrected chi connectivity index (χ2v) is 6.98. The van der Waals surface area contributed by atoms with Gasteiger partial charge in [-0.3, -0.25) is 9.59 Å². The Morgan fingerprint density at radius 2 is 1.55 bits per heavy atom. The van der Waals surface area contributed by atoms with E-state index in [1.54, 1.807) is 13.0 Å². The van der Waals surface area contributed by atoms with Crippen LogP contribution in [0, 0.1) is 5.92 Å². The second-order valence-electron chi connectivity index (χ2n) is 6.98. The Hall–Kier alpha value is -3.34. The van der Waals surface area contributed by atoms with Crippen molar-refractivity contribution in [1.29, 1.82) is 0 Å². The van der Waals surface area contributed by atoms with Crippen molar-refractivity contribution >= 4 is 24.2 Å². The van der Waals surface area contributed by atoms with E-state index in [0.29, 0.717) is 5.56 Å². The van der Waals surface area contributed by atoms with Crippen LogP contribution in [0.4, 0.5) is 9.59 Å². The van der Waals surface area contributed by atoms with E-state index in [9.17, 15) is 19.2 Å². The summed E-state index contributed by atoms with van der Waals surface area (Å²) in [5.74, 6) is -1.20. The minimum atomic E-state index is -1.02. The molecule has 0 saturated carbocycles. The maximum atomic E-state index is 12.2. The first-order chi connectivity index (χ1) is 15.7. The number of nitrogens with one attached hydrogen (secondary N) is 1. The summed E-state index contributed by atoms with van der Waals surface area (Å²) in [7, 11) is 3.51. The van der Waals surface area contributed by atoms with E-state index in [4.69, 9.17) is 18.9 Å². The van der Waals surface area contributed by atoms with E-state index in [1.807, 2.05) is 6.92 Å². The number of benzene rings is 1. The molecule has 0 saturated heterocycles. The van der Waals surface area contributed by atoms with E-state index < -0.39 is 24.3 Å². The fourth-order valence-electron chi connectivity index (χ4n) is 2.80. The molecule has 11 heteroatoms. The summed E-state index contributed by atoms with van der Waals surface area (Å²) in [4.78, 5) is 47.1. The summed E-state index contributed by atoms with van der Waals surface area (Å²) in [6, 6.07) is 3.60. The number of carbonyl (C=O) groups excluding carboxylic acids is 4. The van der Waals surface area contributed by atoms with Gasteiger partial charge >= 0.3 is 24.2 Å². The lowest BCUT2D eigenvalue weighted by atomic mass is 10.1. The molecule has 1 unspecified atom stereocenters. The first-order valence-corrected chi connectivity index (χ1v) is 10.4. The van der Waals surface area contributed by atoms with E-state index >= 15 is 0 Å². The number of esters is 2. The third-order valence-electron chi connectivity index (χ3n) is 4.51. The van der Waals surface area contributed by atoms with Crippen LogP contribution < -0.4 is 14.8 Å². The molecule has 0 aromatic heterocycles. The van der Waals surface area contributed by atoms with Crippen molar-refractivity contribution in [3.05, 3.63) is 23.8 Å². The lowest BCUT2D eigenvalue weighted by molar-refractivity contribution is -0.148. The van der Waals surface area contributed by atoms with Gasteiger partial charge in [0.15, 0.2) is 11.5 Å². The van der Waals surface area contributed by atoms with Crippen LogP contribution in [0.5, 0.6) is 11.5 Å². The van der Waals surface area contributed by atoms with E-state index in [1.165, 1.54) is 19.2 Å². The maximum absolute atomic E-state index is 12.2. The Morgan fingerprint density at radius 3 is 2.12 bits per heavy atom. The smallest absolute Gasteiger partial charge is 0.468 e. The molecule has 1 N–H and O–H groups in total. The second kappa shape index (κ2) is 14.7. The molecule has 0 radical (unpaired) electrons. The maximum Gasteiger partial charge on any atom is 0.513 e. The Labute approximate surface area is 192 Å². The SMILES string of the molecule is CCCC(C)C(=O)OCCN[C@@H](Cc1ccc(OC(=O)OC)c(OC(=O)OC)c1)C(=O)OC. The molecular formula is C22H31NO10. The molecular weight excluding hydrogens is 438 g/mol. The lowest BCUT2D eigenvalue weighted by Crippen LogP contribution is -2.41. The van der Waals surface area contributed by atoms with Crippen molar-refractivity contribution in [3.63, 3.8) is 0 Å². The van der Waals surface area contributed by atoms with Gasteiger partial charge in [0.1, 0.15) is 12.6 Å². The van der Waals surface area contributed by atoms with Crippen LogP contribution in [0.25, 0.3) is 0 Å². The minimum absolute atomic E-state index is 0.0771. The zero-order valence-corrected chi connectivity index (χ0v) is 19.5. The average Bonchev–Trinajstić information content (AvgIpc) is 2.81. The number of rotatable bonds is 12. The molecule has 0 amide bonds. The van der Waals surface area contributed by atoms with Crippen LogP contribution in [-0.2, 0) is 35.0 Å². The van der Waals surface area contributed by atoms with Gasteiger partial charge in [0, 0.05) is 6.54 Å². The van der Waals surface area contributed by atoms with Gasteiger partial charge in [-0.1, -0.05) is 26.3 Å². The number of hydrogen-bond acceptors (Lipinski definition) is 11. The van der Waals surface area contributed by atoms with Gasteiger partial charge in [-0.2, -0.15) is 0 Å². The van der Waals surface area contributed by atoms with Crippen molar-refractivity contribution in [2.75, 3.05) is 34.5 Å². The predicted molar refractivity (Wildman–Crippen MR) is 115 cm³/mol. The molecule has 0 heterocycles. The van der Waals surface area contributed by atoms with Gasteiger partial charge in [-0.15, -0.1) is 0 Å². The fourth-order valence-corrected chi connectivity index (χ4v) is 2.80. The predicted octanol–water partition coefficient (Wildman–Crippen LogP) is 2.63. The average molecular weight is 469 g/mol. The van der Waals surface area contributed by atoms with Crippen LogP contribution >= 0.6 is 0 Å². The van der Waals surface area contributed by atoms with Crippen LogP contribution in [0.2, 0.25) is 0 Å². The fraction of sp³-hybridized carbons (Fsp3) is 0.545. The summed E-state index contributed by atoms with van der Waals surface area (Å²) in [5.41, 5.74) is 0.558. The zero-order chi connectivity index (χ0) is 24.8. The van der Waals surface area contributed by atoms with Gasteiger partial charge in [0.2, 0.25) is 0 Å². The molecule has 0 aliphatic rings. The van der Waals surface area contributed by atoms with E-state index in [-0.39, 0.29) is 43.0 Å². The van der Waals surface area contributed by atoms with Crippen molar-refractivity contribution in [2.24, 2.45) is 5.92 Å². The summed E-state index contributed by atoms with van der Waals surface area (Å²) < 4.78 is 29.0. The molecule has 33 heavy (non-hydrogen) atoms. The summed E-state index contributed by atoms with van der Waals surface area (Å²) in [5, 5.41) is 2.98. The molecule has 184 valence electrons. The molecule has 0 fully saturated rings. The molecule has 1 aromatic rings. The van der Waals surface area contributed by atoms with Crippen molar-refractivity contribution in [3.8, 4) is 11.5 Å². The van der Waals surface area contributed by atoms with Crippen LogP contribution in [0.3, 0.4) is 0 Å². The quantitative estimate of drug-likeness (QED) is 0.209. The summed E-state index contributed by atoms with van der Waals surface area (Å²) >= 11 is 0. The topological polar surface area (TPSA) is 136 Å². The monoisotopic (exact) mass is 469 g/mol. The molecule has 1 rings (SSSR count). The number of methoxy groups -OCH3 is 3. The molecule has 0 bridgehead atoms. The van der Waals surface area contributed by atoms with E-state index in [0.717, 1.165) is 27.1 Å². The van der Waals surface area contributed by atoms with Gasteiger partial charge in [0.05, 0.1) is 27.2 Å². The van der Waals surface area contributed by atoms with Crippen LogP contribution in [-0.4, -0.2) is 64.8 Å². The lowest BCUT2D eigenvalue weighted by Gasteiger charge is -2.18. The molecule has 0 aliphatic carbocycles. The molecule has 1 aromatic carbocycles. The van der Waals surface area contributed by atoms with Gasteiger partial charge in [0.25, 0.3) is 0 Å². The first kappa shape index (κ1) is 27.7. The van der Waals surface area contributed by atoms with E-state index in [2.05, 4.69) is 14.8 Å². The van der Waals surface area contributed by atoms with Crippen molar-refractivity contribution in [2.45, 2.75) is 39.2 Å². The van der Waals surface area contributed by atoms with Gasteiger partial charge in [-0.05, 0) is 30.5 Å². The first-order valence-electron chi connectivity index (χ1n) is 10.4. The number of hydrogen-bond donors (Lipinski definition) is 1. The van der Waals surface area contributed by atoms with Gasteiger partial charge in [-0.25, -0.2) is 9.59 Å². The highest BCUT2D eigenvalue weighted by molar-refractivity contribution is 5.76. The highest BCUT2D eigenvalue weighted by atomic mass is 16.7. The summed E-state index contributed by atoms with van der Waals surface area (Å²) in [6.45, 7) is 4.10. The molecule has 2 atom stereocenters. The highest BCUT2D eigenvalue weighted by Crippen LogP contribution is 2.30.